The molecule has 8 heteroatoms. The van der Waals surface area contributed by atoms with Crippen LogP contribution in [0.4, 0.5) is 0 Å². The van der Waals surface area contributed by atoms with Crippen LogP contribution in [0.25, 0.3) is 33.9 Å². The van der Waals surface area contributed by atoms with Crippen molar-refractivity contribution in [1.29, 1.82) is 0 Å². The summed E-state index contributed by atoms with van der Waals surface area (Å²) in [6, 6.07) is 17.4. The van der Waals surface area contributed by atoms with Crippen molar-refractivity contribution in [3.05, 3.63) is 82.8 Å². The van der Waals surface area contributed by atoms with Crippen LogP contribution in [0.3, 0.4) is 0 Å². The van der Waals surface area contributed by atoms with Crippen molar-refractivity contribution in [2.24, 2.45) is 0 Å². The van der Waals surface area contributed by atoms with E-state index in [9.17, 15) is 14.7 Å². The number of aromatic nitrogens is 3. The lowest BCUT2D eigenvalue weighted by molar-refractivity contribution is 0.0697. The molecule has 33 heavy (non-hydrogen) atoms. The second-order valence-electron chi connectivity index (χ2n) is 7.81. The Morgan fingerprint density at radius 2 is 1.82 bits per heavy atom. The average Bonchev–Trinajstić information content (AvgIpc) is 3.25. The third kappa shape index (κ3) is 5.19. The minimum atomic E-state index is -1.02. The average molecular weight is 444 g/mol. The van der Waals surface area contributed by atoms with Crippen LogP contribution < -0.4 is 10.3 Å². The van der Waals surface area contributed by atoms with Crippen molar-refractivity contribution < 1.29 is 14.6 Å². The molecule has 168 valence electrons. The number of hydrogen-bond acceptors (Lipinski definition) is 5. The Morgan fingerprint density at radius 1 is 1.03 bits per heavy atom. The highest BCUT2D eigenvalue weighted by atomic mass is 16.5. The van der Waals surface area contributed by atoms with Gasteiger partial charge in [-0.2, -0.15) is 0 Å². The fourth-order valence-corrected chi connectivity index (χ4v) is 3.38. The monoisotopic (exact) mass is 444 g/mol. The molecule has 4 aromatic rings. The summed E-state index contributed by atoms with van der Waals surface area (Å²) in [7, 11) is 3.98. The molecule has 0 amide bonds. The van der Waals surface area contributed by atoms with Gasteiger partial charge >= 0.3 is 5.97 Å². The molecular weight excluding hydrogens is 420 g/mol. The molecule has 0 aliphatic carbocycles. The molecule has 0 saturated heterocycles. The first-order valence-electron chi connectivity index (χ1n) is 10.4. The summed E-state index contributed by atoms with van der Waals surface area (Å²) in [4.78, 5) is 36.1. The standard InChI is InChI=1S/C25H24N4O4/c1-29(2)12-13-33-20-8-6-16(7-9-20)24-27-22(17-4-3-5-19(14-17)25(31)32)23(28-24)18-10-11-26-21(30)15-18/h3-11,14-15H,12-13H2,1-2H3,(H,26,30)(H,27,28)(H,31,32). The number of ether oxygens (including phenoxy) is 1. The molecule has 0 saturated carbocycles. The Morgan fingerprint density at radius 3 is 2.52 bits per heavy atom. The van der Waals surface area contributed by atoms with Gasteiger partial charge < -0.3 is 24.7 Å². The van der Waals surface area contributed by atoms with Crippen LogP contribution >= 0.6 is 0 Å². The number of nitrogens with one attached hydrogen (secondary N) is 2. The minimum Gasteiger partial charge on any atom is -0.492 e. The molecular formula is C25H24N4O4. The number of carbonyl (C=O) groups is 1. The van der Waals surface area contributed by atoms with Gasteiger partial charge in [0.05, 0.1) is 17.0 Å². The quantitative estimate of drug-likeness (QED) is 0.382. The Balaban J connectivity index is 1.73. The third-order valence-electron chi connectivity index (χ3n) is 5.09. The van der Waals surface area contributed by atoms with Gasteiger partial charge in [0.15, 0.2) is 0 Å². The summed E-state index contributed by atoms with van der Waals surface area (Å²) in [5, 5.41) is 9.39. The smallest absolute Gasteiger partial charge is 0.335 e. The van der Waals surface area contributed by atoms with Crippen LogP contribution in [0.2, 0.25) is 0 Å². The van der Waals surface area contributed by atoms with E-state index in [1.807, 2.05) is 43.3 Å². The Bertz CT molecular complexity index is 1320. The van der Waals surface area contributed by atoms with Crippen LogP contribution in [0.15, 0.2) is 71.7 Å². The number of H-pyrrole nitrogens is 2. The van der Waals surface area contributed by atoms with Gasteiger partial charge in [0.1, 0.15) is 18.2 Å². The van der Waals surface area contributed by atoms with Crippen molar-refractivity contribution >= 4 is 5.97 Å². The zero-order valence-corrected chi connectivity index (χ0v) is 18.3. The summed E-state index contributed by atoms with van der Waals surface area (Å²) in [6.07, 6.45) is 1.56. The fourth-order valence-electron chi connectivity index (χ4n) is 3.38. The molecule has 0 aliphatic rings. The minimum absolute atomic E-state index is 0.160. The molecule has 0 fully saturated rings. The van der Waals surface area contributed by atoms with Crippen molar-refractivity contribution in [2.45, 2.75) is 0 Å². The van der Waals surface area contributed by atoms with E-state index in [0.29, 0.717) is 34.9 Å². The lowest BCUT2D eigenvalue weighted by Gasteiger charge is -2.11. The lowest BCUT2D eigenvalue weighted by atomic mass is 10.0. The van der Waals surface area contributed by atoms with Crippen molar-refractivity contribution in [2.75, 3.05) is 27.2 Å². The molecule has 4 rings (SSSR count). The number of imidazole rings is 1. The second kappa shape index (κ2) is 9.54. The number of aromatic carboxylic acids is 1. The highest BCUT2D eigenvalue weighted by Gasteiger charge is 2.17. The highest BCUT2D eigenvalue weighted by Crippen LogP contribution is 2.33. The number of nitrogens with zero attached hydrogens (tertiary/aromatic N) is 2. The number of pyridine rings is 1. The number of benzene rings is 2. The predicted molar refractivity (Wildman–Crippen MR) is 127 cm³/mol. The van der Waals surface area contributed by atoms with Gasteiger partial charge in [0, 0.05) is 35.5 Å². The number of aromatic amines is 2. The zero-order valence-electron chi connectivity index (χ0n) is 18.3. The molecule has 2 heterocycles. The molecule has 3 N–H and O–H groups in total. The van der Waals surface area contributed by atoms with Crippen LogP contribution in [0, 0.1) is 0 Å². The molecule has 8 nitrogen and oxygen atoms in total. The first-order valence-corrected chi connectivity index (χ1v) is 10.4. The number of hydrogen-bond donors (Lipinski definition) is 3. The first-order chi connectivity index (χ1) is 15.9. The molecule has 0 radical (unpaired) electrons. The molecule has 0 atom stereocenters. The van der Waals surface area contributed by atoms with E-state index in [0.717, 1.165) is 17.9 Å². The number of carboxylic acid groups (broad SMARTS) is 1. The summed E-state index contributed by atoms with van der Waals surface area (Å²) in [5.74, 6) is 0.340. The van der Waals surface area contributed by atoms with Gasteiger partial charge in [0.25, 0.3) is 0 Å². The van der Waals surface area contributed by atoms with E-state index in [1.54, 1.807) is 30.5 Å². The maximum atomic E-state index is 11.9. The molecule has 0 bridgehead atoms. The Labute approximate surface area is 190 Å². The van der Waals surface area contributed by atoms with Crippen LogP contribution in [0.1, 0.15) is 10.4 Å². The van der Waals surface area contributed by atoms with E-state index in [-0.39, 0.29) is 11.1 Å². The van der Waals surface area contributed by atoms with Crippen molar-refractivity contribution in [3.63, 3.8) is 0 Å². The van der Waals surface area contributed by atoms with Crippen LogP contribution in [-0.4, -0.2) is 58.2 Å². The summed E-state index contributed by atoms with van der Waals surface area (Å²) < 4.78 is 5.76. The molecule has 2 aromatic heterocycles. The molecule has 0 aliphatic heterocycles. The summed E-state index contributed by atoms with van der Waals surface area (Å²) in [5.41, 5.74) is 3.23. The first kappa shape index (κ1) is 22.0. The molecule has 2 aromatic carbocycles. The van der Waals surface area contributed by atoms with E-state index < -0.39 is 5.97 Å². The second-order valence-corrected chi connectivity index (χ2v) is 7.81. The van der Waals surface area contributed by atoms with E-state index >= 15 is 0 Å². The van der Waals surface area contributed by atoms with Gasteiger partial charge in [-0.05, 0) is 56.6 Å². The molecule has 0 unspecified atom stereocenters. The van der Waals surface area contributed by atoms with E-state index in [1.165, 1.54) is 12.1 Å². The van der Waals surface area contributed by atoms with Crippen LogP contribution in [0.5, 0.6) is 5.75 Å². The van der Waals surface area contributed by atoms with Crippen LogP contribution in [-0.2, 0) is 0 Å². The van der Waals surface area contributed by atoms with Gasteiger partial charge in [-0.3, -0.25) is 4.79 Å². The van der Waals surface area contributed by atoms with Gasteiger partial charge in [-0.25, -0.2) is 9.78 Å². The van der Waals surface area contributed by atoms with Crippen molar-refractivity contribution in [1.82, 2.24) is 19.9 Å². The maximum Gasteiger partial charge on any atom is 0.335 e. The molecule has 0 spiro atoms. The predicted octanol–water partition coefficient (Wildman–Crippen LogP) is 3.74. The SMILES string of the molecule is CN(C)CCOc1ccc(-c2nc(-c3cccc(C(=O)O)c3)c(-c3cc[nH]c(=O)c3)[nH]2)cc1. The van der Waals surface area contributed by atoms with Crippen molar-refractivity contribution in [3.8, 4) is 39.7 Å². The fraction of sp³-hybridized carbons (Fsp3) is 0.160. The number of likely N-dealkylation sites (N-methyl/N-ethyl adjacent to an activating group) is 1. The summed E-state index contributed by atoms with van der Waals surface area (Å²) in [6.45, 7) is 1.40. The van der Waals surface area contributed by atoms with Gasteiger partial charge in [-0.1, -0.05) is 12.1 Å². The largest absolute Gasteiger partial charge is 0.492 e. The normalized spacial score (nSPS) is 11.0. The summed E-state index contributed by atoms with van der Waals surface area (Å²) >= 11 is 0. The lowest BCUT2D eigenvalue weighted by Crippen LogP contribution is -2.19. The number of carboxylic acids is 1. The topological polar surface area (TPSA) is 111 Å². The van der Waals surface area contributed by atoms with E-state index in [2.05, 4.69) is 9.97 Å². The van der Waals surface area contributed by atoms with Gasteiger partial charge in [0.2, 0.25) is 5.56 Å². The highest BCUT2D eigenvalue weighted by molar-refractivity contribution is 5.90. The van der Waals surface area contributed by atoms with E-state index in [4.69, 9.17) is 9.72 Å². The maximum absolute atomic E-state index is 11.9. The van der Waals surface area contributed by atoms with Gasteiger partial charge in [-0.15, -0.1) is 0 Å². The zero-order chi connectivity index (χ0) is 23.4. The Kier molecular flexibility index (Phi) is 6.37. The number of rotatable bonds is 8. The third-order valence-corrected chi connectivity index (χ3v) is 5.09. The Hall–Kier alpha value is -4.17.